The van der Waals surface area contributed by atoms with Gasteiger partial charge < -0.3 is 13.8 Å². The third-order valence-corrected chi connectivity index (χ3v) is 0.250. The van der Waals surface area contributed by atoms with E-state index in [1.165, 1.54) is 0 Å². The standard InChI is InChI=1S/C4H8.2C2H6.W/c1-3-4-2;2*1-2;/h1-4H2;2*1-2H3;/q-2;;;+2. The molecule has 9 heavy (non-hydrogen) atoms. The van der Waals surface area contributed by atoms with Gasteiger partial charge in [-0.15, -0.1) is 0 Å². The second kappa shape index (κ2) is 71.1. The van der Waals surface area contributed by atoms with Crippen LogP contribution >= 0.6 is 0 Å². The zero-order valence-corrected chi connectivity index (χ0v) is 10.2. The first-order valence-electron chi connectivity index (χ1n) is 3.50. The fraction of sp³-hybridized carbons (Fsp3) is 0.750. The van der Waals surface area contributed by atoms with E-state index < -0.39 is 0 Å². The molecule has 0 unspecified atom stereocenters. The molecule has 0 atom stereocenters. The van der Waals surface area contributed by atoms with E-state index >= 15 is 0 Å². The third-order valence-electron chi connectivity index (χ3n) is 0.250. The van der Waals surface area contributed by atoms with Gasteiger partial charge >= 0.3 is 21.1 Å². The molecule has 0 aliphatic carbocycles. The van der Waals surface area contributed by atoms with E-state index in [2.05, 4.69) is 13.8 Å². The second-order valence-electron chi connectivity index (χ2n) is 0.707. The van der Waals surface area contributed by atoms with Crippen LogP contribution in [0.25, 0.3) is 0 Å². The van der Waals surface area contributed by atoms with Crippen molar-refractivity contribution in [2.75, 3.05) is 0 Å². The van der Waals surface area contributed by atoms with Crippen molar-refractivity contribution >= 4 is 0 Å². The van der Waals surface area contributed by atoms with Gasteiger partial charge in [0.15, 0.2) is 0 Å². The van der Waals surface area contributed by atoms with Crippen molar-refractivity contribution in [2.45, 2.75) is 40.5 Å². The van der Waals surface area contributed by atoms with Crippen molar-refractivity contribution in [1.82, 2.24) is 0 Å². The third kappa shape index (κ3) is 136. The quantitative estimate of drug-likeness (QED) is 0.650. The largest absolute Gasteiger partial charge is 2.00 e. The maximum Gasteiger partial charge on any atom is 2.00 e. The van der Waals surface area contributed by atoms with E-state index in [1.54, 1.807) is 0 Å². The van der Waals surface area contributed by atoms with Crippen molar-refractivity contribution < 1.29 is 21.1 Å². The zero-order chi connectivity index (χ0) is 7.41. The Labute approximate surface area is 75.7 Å². The van der Waals surface area contributed by atoms with Gasteiger partial charge in [0.25, 0.3) is 0 Å². The summed E-state index contributed by atoms with van der Waals surface area (Å²) >= 11 is 0. The Morgan fingerprint density at radius 3 is 0.889 bits per heavy atom. The first kappa shape index (κ1) is 22.6. The predicted molar refractivity (Wildman–Crippen MR) is 42.6 cm³/mol. The van der Waals surface area contributed by atoms with E-state index in [0.29, 0.717) is 0 Å². The number of hydrogen-bond donors (Lipinski definition) is 0. The van der Waals surface area contributed by atoms with Gasteiger partial charge in [0.2, 0.25) is 0 Å². The Bertz CT molecular complexity index is 6.53. The molecule has 0 heterocycles. The number of rotatable bonds is 1. The van der Waals surface area contributed by atoms with Crippen LogP contribution in [0.1, 0.15) is 40.5 Å². The first-order valence-corrected chi connectivity index (χ1v) is 3.50. The van der Waals surface area contributed by atoms with Gasteiger partial charge in [0.1, 0.15) is 0 Å². The molecule has 0 rings (SSSR count). The van der Waals surface area contributed by atoms with Gasteiger partial charge in [-0.2, -0.15) is 0 Å². The van der Waals surface area contributed by atoms with Gasteiger partial charge in [-0.3, -0.25) is 0 Å². The summed E-state index contributed by atoms with van der Waals surface area (Å²) < 4.78 is 0. The molecule has 0 spiro atoms. The molecule has 0 nitrogen and oxygen atoms in total. The van der Waals surface area contributed by atoms with Gasteiger partial charge in [-0.25, -0.2) is 12.8 Å². The smallest absolute Gasteiger partial charge is 0.346 e. The minimum absolute atomic E-state index is 0. The molecule has 0 aliphatic rings. The molecule has 0 fully saturated rings. The molecule has 1 heteroatoms. The Morgan fingerprint density at radius 2 is 0.889 bits per heavy atom. The summed E-state index contributed by atoms with van der Waals surface area (Å²) in [6, 6.07) is 0. The monoisotopic (exact) mass is 300 g/mol. The number of unbranched alkanes of at least 4 members (excludes halogenated alkanes) is 1. The molecule has 0 aromatic rings. The van der Waals surface area contributed by atoms with E-state index in [9.17, 15) is 0 Å². The van der Waals surface area contributed by atoms with Crippen LogP contribution in [-0.2, 0) is 21.1 Å². The minimum atomic E-state index is 0. The SMILES string of the molecule is CC.CC.[CH2-]CC[CH2-].[W+2]. The number of hydrogen-bond acceptors (Lipinski definition) is 0. The average Bonchev–Trinajstić information content (AvgIpc) is 1.96. The van der Waals surface area contributed by atoms with E-state index in [1.807, 2.05) is 27.7 Å². The fourth-order valence-electron chi connectivity index (χ4n) is 0. The van der Waals surface area contributed by atoms with Gasteiger partial charge in [-0.1, -0.05) is 27.7 Å². The topological polar surface area (TPSA) is 0 Å². The molecule has 0 saturated heterocycles. The Morgan fingerprint density at radius 1 is 0.778 bits per heavy atom. The van der Waals surface area contributed by atoms with Crippen molar-refractivity contribution in [3.8, 4) is 0 Å². The van der Waals surface area contributed by atoms with Gasteiger partial charge in [0, 0.05) is 0 Å². The fourth-order valence-corrected chi connectivity index (χ4v) is 0. The van der Waals surface area contributed by atoms with Crippen molar-refractivity contribution in [3.63, 3.8) is 0 Å². The Hall–Kier alpha value is 0.688. The molecule has 0 N–H and O–H groups in total. The predicted octanol–water partition coefficient (Wildman–Crippen LogP) is 3.48. The maximum absolute atomic E-state index is 3.54. The summed E-state index contributed by atoms with van der Waals surface area (Å²) in [4.78, 5) is 0. The van der Waals surface area contributed by atoms with E-state index in [-0.39, 0.29) is 21.1 Å². The van der Waals surface area contributed by atoms with Crippen LogP contribution in [0.2, 0.25) is 0 Å². The van der Waals surface area contributed by atoms with E-state index in [4.69, 9.17) is 0 Å². The molecule has 0 bridgehead atoms. The summed E-state index contributed by atoms with van der Waals surface area (Å²) in [7, 11) is 0. The zero-order valence-electron chi connectivity index (χ0n) is 7.24. The first-order chi connectivity index (χ1) is 3.91. The normalized spacial score (nSPS) is 4.67. The molecule has 0 radical (unpaired) electrons. The van der Waals surface area contributed by atoms with Gasteiger partial charge in [0.05, 0.1) is 0 Å². The van der Waals surface area contributed by atoms with Crippen molar-refractivity contribution in [1.29, 1.82) is 0 Å². The van der Waals surface area contributed by atoms with Crippen molar-refractivity contribution in [3.05, 3.63) is 13.8 Å². The molecule has 0 aromatic heterocycles. The van der Waals surface area contributed by atoms with Crippen LogP contribution < -0.4 is 0 Å². The molecule has 0 amide bonds. The second-order valence-corrected chi connectivity index (χ2v) is 0.707. The maximum atomic E-state index is 3.54. The van der Waals surface area contributed by atoms with Crippen LogP contribution in [0.15, 0.2) is 0 Å². The molecular weight excluding hydrogens is 280 g/mol. The average molecular weight is 300 g/mol. The minimum Gasteiger partial charge on any atom is -0.346 e. The van der Waals surface area contributed by atoms with Crippen LogP contribution in [0.3, 0.4) is 0 Å². The summed E-state index contributed by atoms with van der Waals surface area (Å²) in [5.74, 6) is 0. The van der Waals surface area contributed by atoms with Gasteiger partial charge in [-0.05, 0) is 0 Å². The molecule has 0 aromatic carbocycles. The Balaban J connectivity index is -0.0000000221. The summed E-state index contributed by atoms with van der Waals surface area (Å²) in [5.41, 5.74) is 0. The van der Waals surface area contributed by atoms with Crippen LogP contribution in [0.4, 0.5) is 0 Å². The molecule has 58 valence electrons. The summed E-state index contributed by atoms with van der Waals surface area (Å²) in [6.07, 6.45) is 1.92. The van der Waals surface area contributed by atoms with Crippen LogP contribution in [-0.4, -0.2) is 0 Å². The Kier molecular flexibility index (Phi) is 178. The summed E-state index contributed by atoms with van der Waals surface area (Å²) in [5, 5.41) is 0. The molecule has 0 saturated carbocycles. The van der Waals surface area contributed by atoms with Crippen LogP contribution in [0, 0.1) is 13.8 Å². The van der Waals surface area contributed by atoms with Crippen LogP contribution in [0.5, 0.6) is 0 Å². The van der Waals surface area contributed by atoms with Crippen molar-refractivity contribution in [2.24, 2.45) is 0 Å². The molecular formula is C8H20W. The molecule has 0 aliphatic heterocycles. The summed E-state index contributed by atoms with van der Waals surface area (Å²) in [6.45, 7) is 15.1. The van der Waals surface area contributed by atoms with E-state index in [0.717, 1.165) is 12.8 Å².